The third kappa shape index (κ3) is 4.46. The summed E-state index contributed by atoms with van der Waals surface area (Å²) in [6.07, 6.45) is 0. The summed E-state index contributed by atoms with van der Waals surface area (Å²) in [5, 5.41) is 13.5. The fourth-order valence-electron chi connectivity index (χ4n) is 1.80. The summed E-state index contributed by atoms with van der Waals surface area (Å²) in [5.41, 5.74) is -0.140. The second-order valence-corrected chi connectivity index (χ2v) is 5.76. The second kappa shape index (κ2) is 7.04. The molecule has 0 fully saturated rings. The van der Waals surface area contributed by atoms with Crippen LogP contribution < -0.4 is 10.1 Å². The molecule has 1 aromatic rings. The molecule has 0 radical (unpaired) electrons. The maximum atomic E-state index is 13.4. The molecule has 2 atom stereocenters. The first-order valence-electron chi connectivity index (χ1n) is 7.16. The van der Waals surface area contributed by atoms with Crippen LogP contribution >= 0.6 is 0 Å². The Bertz CT molecular complexity index is 432. The van der Waals surface area contributed by atoms with Crippen molar-refractivity contribution in [1.82, 2.24) is 5.32 Å². The zero-order valence-corrected chi connectivity index (χ0v) is 13.0. The molecule has 0 aromatic heterocycles. The molecule has 0 aliphatic heterocycles. The summed E-state index contributed by atoms with van der Waals surface area (Å²) >= 11 is 0. The van der Waals surface area contributed by atoms with Crippen molar-refractivity contribution in [1.29, 1.82) is 0 Å². The van der Waals surface area contributed by atoms with E-state index >= 15 is 0 Å². The van der Waals surface area contributed by atoms with E-state index in [0.717, 1.165) is 12.1 Å². The number of rotatable bonds is 7. The maximum Gasteiger partial charge on any atom is 0.124 e. The maximum absolute atomic E-state index is 13.4. The van der Waals surface area contributed by atoms with Gasteiger partial charge in [0.1, 0.15) is 18.2 Å². The summed E-state index contributed by atoms with van der Waals surface area (Å²) < 4.78 is 19.1. The van der Waals surface area contributed by atoms with Gasteiger partial charge in [-0.15, -0.1) is 0 Å². The fourth-order valence-corrected chi connectivity index (χ4v) is 1.80. The molecule has 2 N–H and O–H groups in total. The Morgan fingerprint density at radius 3 is 2.55 bits per heavy atom. The van der Waals surface area contributed by atoms with Gasteiger partial charge in [0.2, 0.25) is 0 Å². The smallest absolute Gasteiger partial charge is 0.124 e. The van der Waals surface area contributed by atoms with Crippen LogP contribution in [0.25, 0.3) is 0 Å². The Morgan fingerprint density at radius 1 is 1.35 bits per heavy atom. The zero-order valence-electron chi connectivity index (χ0n) is 13.0. The quantitative estimate of drug-likeness (QED) is 0.807. The minimum Gasteiger partial charge on any atom is -0.490 e. The molecule has 114 valence electrons. The summed E-state index contributed by atoms with van der Waals surface area (Å²) in [6.45, 7) is 10.6. The predicted molar refractivity (Wildman–Crippen MR) is 79.4 cm³/mol. The Morgan fingerprint density at radius 2 is 2.00 bits per heavy atom. The van der Waals surface area contributed by atoms with Gasteiger partial charge in [0.05, 0.1) is 5.60 Å². The lowest BCUT2D eigenvalue weighted by Gasteiger charge is -2.28. The molecule has 0 spiro atoms. The first-order valence-corrected chi connectivity index (χ1v) is 7.16. The fraction of sp³-hybridized carbons (Fsp3) is 0.625. The molecule has 0 heterocycles. The standard InChI is InChI=1S/C16H26FNO2/c1-6-18-12(4)14-9-13(17)7-8-15(14)20-10-16(5,19)11(2)3/h7-9,11-12,18-19H,6,10H2,1-5H3. The van der Waals surface area contributed by atoms with Gasteiger partial charge in [0.25, 0.3) is 0 Å². The highest BCUT2D eigenvalue weighted by Gasteiger charge is 2.26. The van der Waals surface area contributed by atoms with E-state index in [2.05, 4.69) is 5.32 Å². The molecule has 1 rings (SSSR count). The van der Waals surface area contributed by atoms with Crippen LogP contribution in [0.2, 0.25) is 0 Å². The van der Waals surface area contributed by atoms with Crippen LogP contribution in [-0.2, 0) is 0 Å². The molecule has 0 aliphatic rings. The van der Waals surface area contributed by atoms with Crippen molar-refractivity contribution >= 4 is 0 Å². The van der Waals surface area contributed by atoms with Gasteiger partial charge in [0.15, 0.2) is 0 Å². The van der Waals surface area contributed by atoms with Crippen LogP contribution in [0.1, 0.15) is 46.2 Å². The Kier molecular flexibility index (Phi) is 5.96. The highest BCUT2D eigenvalue weighted by Crippen LogP contribution is 2.27. The van der Waals surface area contributed by atoms with Crippen molar-refractivity contribution in [3.63, 3.8) is 0 Å². The molecule has 2 unspecified atom stereocenters. The van der Waals surface area contributed by atoms with Crippen LogP contribution in [0.4, 0.5) is 4.39 Å². The molecule has 0 aliphatic carbocycles. The molecular formula is C16H26FNO2. The van der Waals surface area contributed by atoms with E-state index in [1.54, 1.807) is 13.0 Å². The monoisotopic (exact) mass is 283 g/mol. The Hall–Kier alpha value is -1.13. The van der Waals surface area contributed by atoms with Gasteiger partial charge in [-0.3, -0.25) is 0 Å². The molecule has 0 saturated carbocycles. The summed E-state index contributed by atoms with van der Waals surface area (Å²) in [7, 11) is 0. The molecule has 4 heteroatoms. The molecular weight excluding hydrogens is 257 g/mol. The number of benzene rings is 1. The van der Waals surface area contributed by atoms with E-state index in [4.69, 9.17) is 4.74 Å². The number of nitrogens with one attached hydrogen (secondary N) is 1. The third-order valence-electron chi connectivity index (χ3n) is 3.71. The van der Waals surface area contributed by atoms with Gasteiger partial charge in [-0.1, -0.05) is 20.8 Å². The lowest BCUT2D eigenvalue weighted by Crippen LogP contribution is -2.38. The van der Waals surface area contributed by atoms with E-state index in [9.17, 15) is 9.50 Å². The molecule has 1 aromatic carbocycles. The first kappa shape index (κ1) is 16.9. The average Bonchev–Trinajstić information content (AvgIpc) is 2.37. The number of hydrogen-bond donors (Lipinski definition) is 2. The van der Waals surface area contributed by atoms with Crippen molar-refractivity contribution in [2.45, 2.75) is 46.3 Å². The Labute approximate surface area is 121 Å². The number of hydrogen-bond acceptors (Lipinski definition) is 3. The average molecular weight is 283 g/mol. The second-order valence-electron chi connectivity index (χ2n) is 5.76. The minimum atomic E-state index is -0.910. The van der Waals surface area contributed by atoms with Gasteiger partial charge >= 0.3 is 0 Å². The topological polar surface area (TPSA) is 41.5 Å². The summed E-state index contributed by atoms with van der Waals surface area (Å²) in [5.74, 6) is 0.408. The summed E-state index contributed by atoms with van der Waals surface area (Å²) in [4.78, 5) is 0. The van der Waals surface area contributed by atoms with Crippen molar-refractivity contribution in [3.05, 3.63) is 29.6 Å². The first-order chi connectivity index (χ1) is 9.27. The van der Waals surface area contributed by atoms with Crippen molar-refractivity contribution in [2.24, 2.45) is 5.92 Å². The number of halogens is 1. The van der Waals surface area contributed by atoms with E-state index in [-0.39, 0.29) is 24.4 Å². The van der Waals surface area contributed by atoms with E-state index < -0.39 is 5.60 Å². The highest BCUT2D eigenvalue weighted by molar-refractivity contribution is 5.36. The number of ether oxygens (including phenoxy) is 1. The van der Waals surface area contributed by atoms with Crippen LogP contribution in [0.15, 0.2) is 18.2 Å². The number of aliphatic hydroxyl groups is 1. The molecule has 0 amide bonds. The summed E-state index contributed by atoms with van der Waals surface area (Å²) in [6, 6.07) is 4.47. The SMILES string of the molecule is CCNC(C)c1cc(F)ccc1OCC(C)(O)C(C)C. The van der Waals surface area contributed by atoms with E-state index in [1.807, 2.05) is 27.7 Å². The zero-order chi connectivity index (χ0) is 15.3. The van der Waals surface area contributed by atoms with Crippen molar-refractivity contribution in [3.8, 4) is 5.75 Å². The largest absolute Gasteiger partial charge is 0.490 e. The van der Waals surface area contributed by atoms with Crippen LogP contribution in [0.5, 0.6) is 5.75 Å². The van der Waals surface area contributed by atoms with Gasteiger partial charge in [-0.05, 0) is 44.5 Å². The lowest BCUT2D eigenvalue weighted by molar-refractivity contribution is -0.0269. The van der Waals surface area contributed by atoms with Gasteiger partial charge in [-0.2, -0.15) is 0 Å². The van der Waals surface area contributed by atoms with Crippen LogP contribution in [0.3, 0.4) is 0 Å². The lowest BCUT2D eigenvalue weighted by atomic mass is 9.93. The van der Waals surface area contributed by atoms with E-state index in [1.165, 1.54) is 12.1 Å². The van der Waals surface area contributed by atoms with Gasteiger partial charge in [-0.25, -0.2) is 4.39 Å². The molecule has 3 nitrogen and oxygen atoms in total. The Balaban J connectivity index is 2.89. The highest BCUT2D eigenvalue weighted by atomic mass is 19.1. The normalized spacial score (nSPS) is 16.0. The van der Waals surface area contributed by atoms with Crippen molar-refractivity contribution < 1.29 is 14.2 Å². The molecule has 20 heavy (non-hydrogen) atoms. The minimum absolute atomic E-state index is 0.00491. The van der Waals surface area contributed by atoms with Crippen LogP contribution in [-0.4, -0.2) is 23.9 Å². The van der Waals surface area contributed by atoms with Crippen LogP contribution in [0, 0.1) is 11.7 Å². The predicted octanol–water partition coefficient (Wildman–Crippen LogP) is 3.28. The van der Waals surface area contributed by atoms with Gasteiger partial charge in [0, 0.05) is 11.6 Å². The molecule has 0 saturated heterocycles. The molecule has 0 bridgehead atoms. The van der Waals surface area contributed by atoms with Gasteiger partial charge < -0.3 is 15.2 Å². The van der Waals surface area contributed by atoms with Crippen molar-refractivity contribution in [2.75, 3.05) is 13.2 Å². The third-order valence-corrected chi connectivity index (χ3v) is 3.71. The van der Waals surface area contributed by atoms with E-state index in [0.29, 0.717) is 5.75 Å².